The summed E-state index contributed by atoms with van der Waals surface area (Å²) in [5, 5.41) is 0. The lowest BCUT2D eigenvalue weighted by Gasteiger charge is -2.16. The molecule has 1 heterocycles. The van der Waals surface area contributed by atoms with E-state index in [0.717, 1.165) is 19.5 Å². The Bertz CT molecular complexity index is 201. The van der Waals surface area contributed by atoms with E-state index in [-0.39, 0.29) is 12.1 Å². The summed E-state index contributed by atoms with van der Waals surface area (Å²) in [5.74, 6) is -0.296. The third kappa shape index (κ3) is 2.84. The van der Waals surface area contributed by atoms with Gasteiger partial charge in [-0.3, -0.25) is 0 Å². The fourth-order valence-corrected chi connectivity index (χ4v) is 1.68. The Balaban J connectivity index is 2.33. The van der Waals surface area contributed by atoms with Crippen LogP contribution in [0.3, 0.4) is 0 Å². The molecule has 3 nitrogen and oxygen atoms in total. The Labute approximate surface area is 79.4 Å². The van der Waals surface area contributed by atoms with E-state index in [1.165, 1.54) is 11.0 Å². The van der Waals surface area contributed by atoms with Crippen LogP contribution in [0.2, 0.25) is 0 Å². The Morgan fingerprint density at radius 3 is 2.85 bits per heavy atom. The zero-order valence-corrected chi connectivity index (χ0v) is 8.38. The summed E-state index contributed by atoms with van der Waals surface area (Å²) in [6.07, 6.45) is 2.31. The summed E-state index contributed by atoms with van der Waals surface area (Å²) < 4.78 is 5.16. The van der Waals surface area contributed by atoms with Crippen LogP contribution < -0.4 is 4.90 Å². The molecular weight excluding hydrogens is 166 g/mol. The quantitative estimate of drug-likeness (QED) is 0.485. The minimum Gasteiger partial charge on any atom is -0.453 e. The molecule has 2 atom stereocenters. The number of quaternary nitrogens is 1. The second-order valence-electron chi connectivity index (χ2n) is 3.82. The van der Waals surface area contributed by atoms with Crippen molar-refractivity contribution in [3.63, 3.8) is 0 Å². The molecule has 0 aromatic heterocycles. The van der Waals surface area contributed by atoms with Crippen LogP contribution >= 0.6 is 0 Å². The molecule has 1 aliphatic heterocycles. The van der Waals surface area contributed by atoms with E-state index in [9.17, 15) is 4.79 Å². The van der Waals surface area contributed by atoms with Gasteiger partial charge in [0.2, 0.25) is 0 Å². The SMILES string of the molecule is C=CC(=O)OC1CC[NH+](C(C)C)C1. The lowest BCUT2D eigenvalue weighted by atomic mass is 10.3. The maximum Gasteiger partial charge on any atom is 0.330 e. The van der Waals surface area contributed by atoms with Crippen molar-refractivity contribution < 1.29 is 14.4 Å². The number of hydrogen-bond acceptors (Lipinski definition) is 2. The van der Waals surface area contributed by atoms with Gasteiger partial charge in [0, 0.05) is 12.5 Å². The second-order valence-corrected chi connectivity index (χ2v) is 3.82. The van der Waals surface area contributed by atoms with Gasteiger partial charge in [0.1, 0.15) is 6.54 Å². The van der Waals surface area contributed by atoms with Gasteiger partial charge in [-0.25, -0.2) is 4.79 Å². The topological polar surface area (TPSA) is 30.7 Å². The highest BCUT2D eigenvalue weighted by Gasteiger charge is 2.29. The van der Waals surface area contributed by atoms with Crippen LogP contribution in [0.5, 0.6) is 0 Å². The third-order valence-electron chi connectivity index (χ3n) is 2.54. The Morgan fingerprint density at radius 1 is 1.69 bits per heavy atom. The van der Waals surface area contributed by atoms with Crippen molar-refractivity contribution in [2.24, 2.45) is 0 Å². The molecule has 3 heteroatoms. The zero-order chi connectivity index (χ0) is 9.84. The minimum atomic E-state index is -0.296. The summed E-state index contributed by atoms with van der Waals surface area (Å²) >= 11 is 0. The predicted molar refractivity (Wildman–Crippen MR) is 50.5 cm³/mol. The zero-order valence-electron chi connectivity index (χ0n) is 8.38. The highest BCUT2D eigenvalue weighted by molar-refractivity contribution is 5.81. The van der Waals surface area contributed by atoms with Crippen LogP contribution in [0, 0.1) is 0 Å². The van der Waals surface area contributed by atoms with E-state index in [1.807, 2.05) is 0 Å². The maximum atomic E-state index is 10.9. The van der Waals surface area contributed by atoms with E-state index in [0.29, 0.717) is 6.04 Å². The molecule has 1 fully saturated rings. The first-order valence-corrected chi connectivity index (χ1v) is 4.81. The normalized spacial score (nSPS) is 27.6. The third-order valence-corrected chi connectivity index (χ3v) is 2.54. The van der Waals surface area contributed by atoms with E-state index in [2.05, 4.69) is 20.4 Å². The molecule has 0 bridgehead atoms. The first-order valence-electron chi connectivity index (χ1n) is 4.81. The van der Waals surface area contributed by atoms with Gasteiger partial charge in [-0.1, -0.05) is 6.58 Å². The molecule has 0 saturated carbocycles. The summed E-state index contributed by atoms with van der Waals surface area (Å²) in [6.45, 7) is 9.80. The highest BCUT2D eigenvalue weighted by atomic mass is 16.5. The maximum absolute atomic E-state index is 10.9. The lowest BCUT2D eigenvalue weighted by molar-refractivity contribution is -0.910. The fraction of sp³-hybridized carbons (Fsp3) is 0.700. The standard InChI is InChI=1S/C10H17NO2/c1-4-10(12)13-9-5-6-11(7-9)8(2)3/h4,8-9H,1,5-7H2,2-3H3/p+1. The number of carbonyl (C=O) groups is 1. The first kappa shape index (κ1) is 10.3. The second kappa shape index (κ2) is 4.42. The first-order chi connectivity index (χ1) is 6.13. The highest BCUT2D eigenvalue weighted by Crippen LogP contribution is 2.01. The molecule has 0 aliphatic carbocycles. The Morgan fingerprint density at radius 2 is 2.38 bits per heavy atom. The molecular formula is C10H18NO2+. The Hall–Kier alpha value is -0.830. The number of hydrogen-bond donors (Lipinski definition) is 1. The monoisotopic (exact) mass is 184 g/mol. The van der Waals surface area contributed by atoms with Crippen molar-refractivity contribution in [3.05, 3.63) is 12.7 Å². The molecule has 0 radical (unpaired) electrons. The molecule has 0 amide bonds. The molecule has 0 spiro atoms. The van der Waals surface area contributed by atoms with Crippen molar-refractivity contribution >= 4 is 5.97 Å². The number of ether oxygens (including phenoxy) is 1. The fourth-order valence-electron chi connectivity index (χ4n) is 1.68. The van der Waals surface area contributed by atoms with Gasteiger partial charge < -0.3 is 9.64 Å². The van der Waals surface area contributed by atoms with Crippen molar-refractivity contribution in [3.8, 4) is 0 Å². The molecule has 0 aromatic rings. The van der Waals surface area contributed by atoms with E-state index in [4.69, 9.17) is 4.74 Å². The molecule has 1 rings (SSSR count). The van der Waals surface area contributed by atoms with Gasteiger partial charge in [0.25, 0.3) is 0 Å². The van der Waals surface area contributed by atoms with Gasteiger partial charge in [-0.05, 0) is 13.8 Å². The summed E-state index contributed by atoms with van der Waals surface area (Å²) in [5.41, 5.74) is 0. The Kier molecular flexibility index (Phi) is 3.48. The number of likely N-dealkylation sites (tertiary alicyclic amines) is 1. The van der Waals surface area contributed by atoms with Gasteiger partial charge >= 0.3 is 5.97 Å². The average molecular weight is 184 g/mol. The van der Waals surface area contributed by atoms with E-state index >= 15 is 0 Å². The van der Waals surface area contributed by atoms with Crippen molar-refractivity contribution in [1.29, 1.82) is 0 Å². The van der Waals surface area contributed by atoms with Crippen molar-refractivity contribution in [2.45, 2.75) is 32.4 Å². The molecule has 0 aromatic carbocycles. The van der Waals surface area contributed by atoms with Crippen molar-refractivity contribution in [1.82, 2.24) is 0 Å². The van der Waals surface area contributed by atoms with Crippen LogP contribution in [-0.2, 0) is 9.53 Å². The number of nitrogens with one attached hydrogen (secondary N) is 1. The largest absolute Gasteiger partial charge is 0.453 e. The number of rotatable bonds is 3. The summed E-state index contributed by atoms with van der Waals surface area (Å²) in [4.78, 5) is 12.4. The van der Waals surface area contributed by atoms with E-state index in [1.54, 1.807) is 0 Å². The van der Waals surface area contributed by atoms with E-state index < -0.39 is 0 Å². The van der Waals surface area contributed by atoms with Crippen LogP contribution in [-0.4, -0.2) is 31.2 Å². The molecule has 1 aliphatic rings. The molecule has 13 heavy (non-hydrogen) atoms. The van der Waals surface area contributed by atoms with Crippen LogP contribution in [0.15, 0.2) is 12.7 Å². The molecule has 74 valence electrons. The summed E-state index contributed by atoms with van der Waals surface area (Å²) in [6, 6.07) is 0.618. The number of carbonyl (C=O) groups excluding carboxylic acids is 1. The van der Waals surface area contributed by atoms with Gasteiger partial charge in [0.15, 0.2) is 6.10 Å². The average Bonchev–Trinajstić information content (AvgIpc) is 2.52. The molecule has 1 N–H and O–H groups in total. The lowest BCUT2D eigenvalue weighted by Crippen LogP contribution is -3.13. The minimum absolute atomic E-state index is 0.0999. The smallest absolute Gasteiger partial charge is 0.330 e. The summed E-state index contributed by atoms with van der Waals surface area (Å²) in [7, 11) is 0. The van der Waals surface area contributed by atoms with Gasteiger partial charge in [-0.15, -0.1) is 0 Å². The molecule has 1 saturated heterocycles. The van der Waals surface area contributed by atoms with Gasteiger partial charge in [-0.2, -0.15) is 0 Å². The van der Waals surface area contributed by atoms with Crippen LogP contribution in [0.4, 0.5) is 0 Å². The van der Waals surface area contributed by atoms with Crippen LogP contribution in [0.1, 0.15) is 20.3 Å². The van der Waals surface area contributed by atoms with Gasteiger partial charge in [0.05, 0.1) is 12.6 Å². The molecule has 2 unspecified atom stereocenters. The van der Waals surface area contributed by atoms with Crippen molar-refractivity contribution in [2.75, 3.05) is 13.1 Å². The predicted octanol–water partition coefficient (Wildman–Crippen LogP) is -0.219. The van der Waals surface area contributed by atoms with Crippen LogP contribution in [0.25, 0.3) is 0 Å². The number of esters is 1.